The van der Waals surface area contributed by atoms with E-state index in [1.807, 2.05) is 30.3 Å². The van der Waals surface area contributed by atoms with Crippen molar-refractivity contribution in [2.24, 2.45) is 5.92 Å². The molecule has 2 N–H and O–H groups in total. The van der Waals surface area contributed by atoms with Gasteiger partial charge in [0.05, 0.1) is 5.69 Å². The maximum absolute atomic E-state index is 12.7. The van der Waals surface area contributed by atoms with Gasteiger partial charge in [0.15, 0.2) is 0 Å². The molecular formula is C20H19N3O5. The maximum atomic E-state index is 12.7. The van der Waals surface area contributed by atoms with E-state index in [1.54, 1.807) is 13.0 Å². The summed E-state index contributed by atoms with van der Waals surface area (Å²) in [5.41, 5.74) is 1.70. The van der Waals surface area contributed by atoms with Gasteiger partial charge in [0.25, 0.3) is 0 Å². The normalized spacial score (nSPS) is 11.3. The van der Waals surface area contributed by atoms with Crippen LogP contribution in [0.3, 0.4) is 0 Å². The van der Waals surface area contributed by atoms with Crippen LogP contribution in [-0.2, 0) is 9.59 Å². The molecule has 3 aromatic rings. The first-order valence-corrected chi connectivity index (χ1v) is 8.68. The Kier molecular flexibility index (Phi) is 4.96. The van der Waals surface area contributed by atoms with Crippen molar-refractivity contribution < 1.29 is 24.6 Å². The van der Waals surface area contributed by atoms with Gasteiger partial charge in [-0.3, -0.25) is 19.0 Å². The number of hydrogen-bond acceptors (Lipinski definition) is 5. The highest BCUT2D eigenvalue weighted by Gasteiger charge is 2.38. The van der Waals surface area contributed by atoms with E-state index in [9.17, 15) is 14.4 Å². The molecule has 3 rings (SSSR count). The third-order valence-corrected chi connectivity index (χ3v) is 4.60. The smallest absolute Gasteiger partial charge is 0.326 e. The maximum Gasteiger partial charge on any atom is 0.326 e. The van der Waals surface area contributed by atoms with E-state index >= 15 is 0 Å². The summed E-state index contributed by atoms with van der Waals surface area (Å²) in [6.45, 7) is 5.76. The van der Waals surface area contributed by atoms with Crippen LogP contribution in [0.4, 0.5) is 0 Å². The van der Waals surface area contributed by atoms with E-state index in [1.165, 1.54) is 4.57 Å². The summed E-state index contributed by atoms with van der Waals surface area (Å²) in [5.74, 6) is -6.57. The van der Waals surface area contributed by atoms with Crippen molar-refractivity contribution in [3.8, 4) is 5.69 Å². The molecule has 8 heteroatoms. The minimum absolute atomic E-state index is 0.269. The first kappa shape index (κ1) is 19.2. The summed E-state index contributed by atoms with van der Waals surface area (Å²) in [7, 11) is 0. The number of carboxylic acids is 2. The molecule has 0 aliphatic carbocycles. The summed E-state index contributed by atoms with van der Waals surface area (Å²) in [5, 5.41) is 27.8. The topological polar surface area (TPSA) is 122 Å². The fraction of sp³-hybridized carbons (Fsp3) is 0.250. The average Bonchev–Trinajstić information content (AvgIpc) is 3.01. The first-order chi connectivity index (χ1) is 13.2. The van der Waals surface area contributed by atoms with Crippen molar-refractivity contribution in [2.75, 3.05) is 0 Å². The highest BCUT2D eigenvalue weighted by Crippen LogP contribution is 2.31. The van der Waals surface area contributed by atoms with Crippen molar-refractivity contribution in [1.82, 2.24) is 14.8 Å². The number of rotatable bonds is 6. The Morgan fingerprint density at radius 1 is 0.929 bits per heavy atom. The molecule has 1 aromatic heterocycles. The largest absolute Gasteiger partial charge is 0.480 e. The highest BCUT2D eigenvalue weighted by atomic mass is 16.4. The van der Waals surface area contributed by atoms with Crippen LogP contribution in [0.15, 0.2) is 36.4 Å². The third-order valence-electron chi connectivity index (χ3n) is 4.60. The molecule has 0 fully saturated rings. The molecule has 0 bridgehead atoms. The zero-order valence-electron chi connectivity index (χ0n) is 15.6. The van der Waals surface area contributed by atoms with Crippen molar-refractivity contribution in [3.63, 3.8) is 0 Å². The number of aliphatic carboxylic acids is 2. The standard InChI is InChI=1S/C20H19N3O5/c1-10(2)12-8-9-15(14-7-5-4-6-13(12)14)23-11(3)21-22-18(23)17(24)16(19(25)26)20(27)28/h4-10,16H,1-3H3,(H,25,26)(H,27,28). The van der Waals surface area contributed by atoms with Gasteiger partial charge in [-0.25, -0.2) is 0 Å². The van der Waals surface area contributed by atoms with E-state index in [4.69, 9.17) is 10.2 Å². The van der Waals surface area contributed by atoms with Crippen molar-refractivity contribution in [1.29, 1.82) is 0 Å². The van der Waals surface area contributed by atoms with Crippen molar-refractivity contribution >= 4 is 28.5 Å². The average molecular weight is 381 g/mol. The van der Waals surface area contributed by atoms with Crippen LogP contribution < -0.4 is 0 Å². The molecule has 1 heterocycles. The van der Waals surface area contributed by atoms with Crippen LogP contribution >= 0.6 is 0 Å². The molecule has 0 aliphatic rings. The molecule has 0 aliphatic heterocycles. The number of fused-ring (bicyclic) bond motifs is 1. The number of hydrogen-bond donors (Lipinski definition) is 2. The Bertz CT molecular complexity index is 1090. The van der Waals surface area contributed by atoms with E-state index in [0.717, 1.165) is 16.3 Å². The number of carbonyl (C=O) groups is 3. The summed E-state index contributed by atoms with van der Waals surface area (Å²) in [4.78, 5) is 35.2. The Morgan fingerprint density at radius 3 is 2.11 bits per heavy atom. The lowest BCUT2D eigenvalue weighted by atomic mass is 9.95. The number of carbonyl (C=O) groups excluding carboxylic acids is 1. The Morgan fingerprint density at radius 2 is 1.54 bits per heavy atom. The second-order valence-electron chi connectivity index (χ2n) is 6.75. The summed E-state index contributed by atoms with van der Waals surface area (Å²) in [6.07, 6.45) is 0. The molecule has 28 heavy (non-hydrogen) atoms. The highest BCUT2D eigenvalue weighted by molar-refractivity contribution is 6.19. The van der Waals surface area contributed by atoms with Gasteiger partial charge in [0.1, 0.15) is 5.82 Å². The molecule has 0 radical (unpaired) electrons. The van der Waals surface area contributed by atoms with Gasteiger partial charge in [-0.1, -0.05) is 44.2 Å². The zero-order chi connectivity index (χ0) is 20.6. The molecule has 0 spiro atoms. The number of Topliss-reactive ketones (excluding diaryl/α,β-unsaturated/α-hetero) is 1. The number of carboxylic acid groups (broad SMARTS) is 2. The van der Waals surface area contributed by atoms with Crippen LogP contribution in [0, 0.1) is 12.8 Å². The SMILES string of the molecule is Cc1nnc(C(=O)C(C(=O)O)C(=O)O)n1-c1ccc(C(C)C)c2ccccc12. The molecule has 0 saturated heterocycles. The van der Waals surface area contributed by atoms with Gasteiger partial charge in [-0.2, -0.15) is 0 Å². The van der Waals surface area contributed by atoms with Gasteiger partial charge < -0.3 is 10.2 Å². The molecule has 0 atom stereocenters. The lowest BCUT2D eigenvalue weighted by molar-refractivity contribution is -0.151. The first-order valence-electron chi connectivity index (χ1n) is 8.68. The van der Waals surface area contributed by atoms with Gasteiger partial charge in [0, 0.05) is 5.39 Å². The number of ketones is 1. The van der Waals surface area contributed by atoms with Crippen molar-refractivity contribution in [2.45, 2.75) is 26.7 Å². The molecule has 0 amide bonds. The molecule has 8 nitrogen and oxygen atoms in total. The summed E-state index contributed by atoms with van der Waals surface area (Å²) in [6, 6.07) is 11.4. The number of benzene rings is 2. The molecule has 0 saturated carbocycles. The van der Waals surface area contributed by atoms with Gasteiger partial charge in [-0.05, 0) is 29.9 Å². The van der Waals surface area contributed by atoms with Gasteiger partial charge >= 0.3 is 11.9 Å². The summed E-state index contributed by atoms with van der Waals surface area (Å²) >= 11 is 0. The molecule has 2 aromatic carbocycles. The Balaban J connectivity index is 2.26. The second kappa shape index (κ2) is 7.22. The van der Waals surface area contributed by atoms with Crippen LogP contribution in [0.5, 0.6) is 0 Å². The van der Waals surface area contributed by atoms with Gasteiger partial charge in [0.2, 0.25) is 17.5 Å². The second-order valence-corrected chi connectivity index (χ2v) is 6.75. The predicted octanol–water partition coefficient (Wildman–Crippen LogP) is 2.82. The Hall–Kier alpha value is -3.55. The predicted molar refractivity (Wildman–Crippen MR) is 101 cm³/mol. The van der Waals surface area contributed by atoms with E-state index in [2.05, 4.69) is 24.0 Å². The van der Waals surface area contributed by atoms with E-state index in [0.29, 0.717) is 11.5 Å². The van der Waals surface area contributed by atoms with E-state index < -0.39 is 23.6 Å². The van der Waals surface area contributed by atoms with Crippen LogP contribution in [-0.4, -0.2) is 42.7 Å². The minimum atomic E-state index is -2.25. The third kappa shape index (κ3) is 3.13. The fourth-order valence-electron chi connectivity index (χ4n) is 3.27. The lowest BCUT2D eigenvalue weighted by Crippen LogP contribution is -2.33. The molecule has 0 unspecified atom stereocenters. The van der Waals surface area contributed by atoms with Crippen LogP contribution in [0.2, 0.25) is 0 Å². The lowest BCUT2D eigenvalue weighted by Gasteiger charge is -2.16. The molecule has 144 valence electrons. The van der Waals surface area contributed by atoms with E-state index in [-0.39, 0.29) is 11.7 Å². The zero-order valence-corrected chi connectivity index (χ0v) is 15.6. The van der Waals surface area contributed by atoms with Crippen LogP contribution in [0.1, 0.15) is 41.8 Å². The van der Waals surface area contributed by atoms with Crippen LogP contribution in [0.25, 0.3) is 16.5 Å². The minimum Gasteiger partial charge on any atom is -0.480 e. The number of aromatic nitrogens is 3. The Labute approximate surface area is 160 Å². The number of nitrogens with zero attached hydrogens (tertiary/aromatic N) is 3. The summed E-state index contributed by atoms with van der Waals surface area (Å²) < 4.78 is 1.41. The van der Waals surface area contributed by atoms with Crippen molar-refractivity contribution in [3.05, 3.63) is 53.6 Å². The number of aryl methyl sites for hydroxylation is 1. The molecular weight excluding hydrogens is 362 g/mol. The van der Waals surface area contributed by atoms with Gasteiger partial charge in [-0.15, -0.1) is 10.2 Å². The quantitative estimate of drug-likeness (QED) is 0.497. The monoisotopic (exact) mass is 381 g/mol. The fourth-order valence-corrected chi connectivity index (χ4v) is 3.27.